The van der Waals surface area contributed by atoms with Gasteiger partial charge in [-0.15, -0.1) is 0 Å². The Balaban J connectivity index is 1.80. The van der Waals surface area contributed by atoms with Gasteiger partial charge in [0.05, 0.1) is 23.2 Å². The van der Waals surface area contributed by atoms with Crippen molar-refractivity contribution in [3.63, 3.8) is 0 Å². The first-order chi connectivity index (χ1) is 14.4. The summed E-state index contributed by atoms with van der Waals surface area (Å²) in [5, 5.41) is 7.06. The fourth-order valence-electron chi connectivity index (χ4n) is 4.67. The SMILES string of the molecule is CNCn1c2c(c3cc4c5ccccc5n(-c5ncncn5)c4cc31)C=CCC2. The third-order valence-corrected chi connectivity index (χ3v) is 5.84. The van der Waals surface area contributed by atoms with Crippen LogP contribution in [-0.4, -0.2) is 31.1 Å². The second kappa shape index (κ2) is 6.25. The van der Waals surface area contributed by atoms with Gasteiger partial charge in [0.2, 0.25) is 5.95 Å². The molecule has 142 valence electrons. The number of fused-ring (bicyclic) bond motifs is 6. The first-order valence-corrected chi connectivity index (χ1v) is 9.88. The van der Waals surface area contributed by atoms with Gasteiger partial charge in [-0.3, -0.25) is 4.57 Å². The largest absolute Gasteiger partial charge is 0.331 e. The highest BCUT2D eigenvalue weighted by molar-refractivity contribution is 6.14. The van der Waals surface area contributed by atoms with Crippen LogP contribution in [0, 0.1) is 0 Å². The maximum Gasteiger partial charge on any atom is 0.237 e. The first-order valence-electron chi connectivity index (χ1n) is 9.88. The lowest BCUT2D eigenvalue weighted by molar-refractivity contribution is 0.609. The molecule has 5 aromatic rings. The quantitative estimate of drug-likeness (QED) is 0.513. The Hall–Kier alpha value is -3.51. The third kappa shape index (κ3) is 2.29. The smallest absolute Gasteiger partial charge is 0.237 e. The molecule has 3 aromatic heterocycles. The number of rotatable bonds is 3. The summed E-state index contributed by atoms with van der Waals surface area (Å²) < 4.78 is 4.54. The van der Waals surface area contributed by atoms with Crippen molar-refractivity contribution in [2.24, 2.45) is 0 Å². The lowest BCUT2D eigenvalue weighted by Crippen LogP contribution is -2.15. The normalized spacial score (nSPS) is 13.6. The molecule has 6 rings (SSSR count). The van der Waals surface area contributed by atoms with Crippen molar-refractivity contribution >= 4 is 38.8 Å². The van der Waals surface area contributed by atoms with E-state index in [4.69, 9.17) is 0 Å². The van der Waals surface area contributed by atoms with Crippen molar-refractivity contribution in [3.05, 3.63) is 66.4 Å². The first kappa shape index (κ1) is 16.4. The molecule has 6 nitrogen and oxygen atoms in total. The van der Waals surface area contributed by atoms with Gasteiger partial charge in [0.25, 0.3) is 0 Å². The highest BCUT2D eigenvalue weighted by atomic mass is 15.2. The second-order valence-electron chi connectivity index (χ2n) is 7.42. The summed E-state index contributed by atoms with van der Waals surface area (Å²) in [4.78, 5) is 12.9. The van der Waals surface area contributed by atoms with Crippen molar-refractivity contribution in [1.29, 1.82) is 0 Å². The van der Waals surface area contributed by atoms with Crippen molar-refractivity contribution in [3.8, 4) is 5.95 Å². The maximum absolute atomic E-state index is 4.44. The number of hydrogen-bond donors (Lipinski definition) is 1. The molecule has 0 spiro atoms. The molecular weight excluding hydrogens is 360 g/mol. The van der Waals surface area contributed by atoms with Crippen LogP contribution in [0.3, 0.4) is 0 Å². The molecule has 1 N–H and O–H groups in total. The van der Waals surface area contributed by atoms with Crippen LogP contribution >= 0.6 is 0 Å². The Morgan fingerprint density at radius 2 is 1.83 bits per heavy atom. The summed E-state index contributed by atoms with van der Waals surface area (Å²) in [6, 6.07) is 13.1. The van der Waals surface area contributed by atoms with E-state index in [2.05, 4.69) is 78.0 Å². The van der Waals surface area contributed by atoms with Gasteiger partial charge >= 0.3 is 0 Å². The van der Waals surface area contributed by atoms with E-state index in [1.807, 2.05) is 7.05 Å². The van der Waals surface area contributed by atoms with Gasteiger partial charge < -0.3 is 9.88 Å². The lowest BCUT2D eigenvalue weighted by Gasteiger charge is -2.12. The number of allylic oxidation sites excluding steroid dienone is 1. The van der Waals surface area contributed by atoms with E-state index >= 15 is 0 Å². The minimum Gasteiger partial charge on any atom is -0.331 e. The average molecular weight is 380 g/mol. The minimum absolute atomic E-state index is 0.641. The van der Waals surface area contributed by atoms with Crippen LogP contribution in [0.25, 0.3) is 44.7 Å². The van der Waals surface area contributed by atoms with E-state index in [0.717, 1.165) is 30.5 Å². The molecule has 0 saturated heterocycles. The summed E-state index contributed by atoms with van der Waals surface area (Å²) in [6.07, 6.45) is 9.82. The van der Waals surface area contributed by atoms with Crippen molar-refractivity contribution in [2.75, 3.05) is 7.05 Å². The van der Waals surface area contributed by atoms with Crippen LogP contribution in [0.15, 0.2) is 55.1 Å². The topological polar surface area (TPSA) is 60.6 Å². The van der Waals surface area contributed by atoms with Gasteiger partial charge in [0.15, 0.2) is 0 Å². The third-order valence-electron chi connectivity index (χ3n) is 5.84. The highest BCUT2D eigenvalue weighted by Gasteiger charge is 2.21. The summed E-state index contributed by atoms with van der Waals surface area (Å²) in [5.41, 5.74) is 6.20. The predicted molar refractivity (Wildman–Crippen MR) is 116 cm³/mol. The summed E-state index contributed by atoms with van der Waals surface area (Å²) in [6.45, 7) is 0.789. The molecule has 2 aromatic carbocycles. The Morgan fingerprint density at radius 1 is 0.966 bits per heavy atom. The fraction of sp³-hybridized carbons (Fsp3) is 0.174. The number of aromatic nitrogens is 5. The van der Waals surface area contributed by atoms with Crippen LogP contribution in [0.4, 0.5) is 0 Å². The molecule has 0 bridgehead atoms. The van der Waals surface area contributed by atoms with Gasteiger partial charge in [0.1, 0.15) is 12.7 Å². The standard InChI is InChI=1S/C23H20N6/c1-24-14-28-19-8-4-2-6-15(19)17-10-18-16-7-3-5-9-20(16)29(22(18)11-21(17)28)23-26-12-25-13-27-23/h2-3,5-7,9-13,24H,4,8,14H2,1H3. The maximum atomic E-state index is 4.44. The molecule has 0 fully saturated rings. The van der Waals surface area contributed by atoms with E-state index in [1.165, 1.54) is 32.9 Å². The Labute approximate surface area is 167 Å². The van der Waals surface area contributed by atoms with Crippen LogP contribution < -0.4 is 5.32 Å². The van der Waals surface area contributed by atoms with E-state index in [1.54, 1.807) is 12.7 Å². The van der Waals surface area contributed by atoms with Crippen LogP contribution in [0.2, 0.25) is 0 Å². The van der Waals surface area contributed by atoms with Gasteiger partial charge in [-0.1, -0.05) is 30.4 Å². The van der Waals surface area contributed by atoms with E-state index in [0.29, 0.717) is 5.95 Å². The van der Waals surface area contributed by atoms with Crippen molar-refractivity contribution in [1.82, 2.24) is 29.4 Å². The second-order valence-corrected chi connectivity index (χ2v) is 7.42. The average Bonchev–Trinajstić information content (AvgIpc) is 3.26. The van der Waals surface area contributed by atoms with Gasteiger partial charge in [-0.05, 0) is 38.1 Å². The Morgan fingerprint density at radius 3 is 2.69 bits per heavy atom. The zero-order valence-electron chi connectivity index (χ0n) is 16.1. The molecule has 1 aliphatic rings. The van der Waals surface area contributed by atoms with Crippen LogP contribution in [0.1, 0.15) is 17.7 Å². The van der Waals surface area contributed by atoms with Crippen molar-refractivity contribution < 1.29 is 0 Å². The molecule has 6 heteroatoms. The van der Waals surface area contributed by atoms with Crippen LogP contribution in [-0.2, 0) is 13.1 Å². The number of nitrogens with zero attached hydrogens (tertiary/aromatic N) is 5. The zero-order valence-corrected chi connectivity index (χ0v) is 16.1. The molecule has 29 heavy (non-hydrogen) atoms. The number of hydrogen-bond acceptors (Lipinski definition) is 4. The van der Waals surface area contributed by atoms with E-state index < -0.39 is 0 Å². The van der Waals surface area contributed by atoms with Crippen LogP contribution in [0.5, 0.6) is 0 Å². The monoisotopic (exact) mass is 380 g/mol. The molecular formula is C23H20N6. The highest BCUT2D eigenvalue weighted by Crippen LogP contribution is 2.38. The molecule has 3 heterocycles. The predicted octanol–water partition coefficient (Wildman–Crippen LogP) is 4.06. The van der Waals surface area contributed by atoms with Gasteiger partial charge in [-0.25, -0.2) is 15.0 Å². The van der Waals surface area contributed by atoms with Crippen molar-refractivity contribution in [2.45, 2.75) is 19.5 Å². The number of nitrogens with one attached hydrogen (secondary N) is 1. The zero-order chi connectivity index (χ0) is 19.4. The number of benzene rings is 2. The van der Waals surface area contributed by atoms with Gasteiger partial charge in [-0.2, -0.15) is 0 Å². The fourth-order valence-corrected chi connectivity index (χ4v) is 4.67. The van der Waals surface area contributed by atoms with E-state index in [9.17, 15) is 0 Å². The molecule has 0 atom stereocenters. The molecule has 0 saturated carbocycles. The molecule has 0 amide bonds. The molecule has 0 aliphatic heterocycles. The number of para-hydroxylation sites is 1. The molecule has 0 unspecified atom stereocenters. The van der Waals surface area contributed by atoms with Gasteiger partial charge in [0, 0.05) is 27.4 Å². The summed E-state index contributed by atoms with van der Waals surface area (Å²) in [7, 11) is 2.00. The van der Waals surface area contributed by atoms with E-state index in [-0.39, 0.29) is 0 Å². The Kier molecular flexibility index (Phi) is 3.55. The summed E-state index contributed by atoms with van der Waals surface area (Å²) >= 11 is 0. The molecule has 1 aliphatic carbocycles. The summed E-state index contributed by atoms with van der Waals surface area (Å²) in [5.74, 6) is 0.641. The Bertz CT molecular complexity index is 1410. The lowest BCUT2D eigenvalue weighted by atomic mass is 10.0. The molecule has 0 radical (unpaired) electrons. The minimum atomic E-state index is 0.641.